The average molecular weight is 276 g/mol. The minimum atomic E-state index is 0.433. The minimum absolute atomic E-state index is 0.433. The van der Waals surface area contributed by atoms with E-state index in [4.69, 9.17) is 11.6 Å². The summed E-state index contributed by atoms with van der Waals surface area (Å²) >= 11 is 6.28. The normalized spacial score (nSPS) is 17.7. The lowest BCUT2D eigenvalue weighted by Crippen LogP contribution is -2.20. The number of nitrogens with zero attached hydrogens (tertiary/aromatic N) is 2. The van der Waals surface area contributed by atoms with Gasteiger partial charge < -0.3 is 5.32 Å². The van der Waals surface area contributed by atoms with Crippen molar-refractivity contribution in [1.29, 1.82) is 0 Å². The zero-order valence-corrected chi connectivity index (χ0v) is 12.0. The van der Waals surface area contributed by atoms with Crippen LogP contribution in [0.4, 0.5) is 0 Å². The van der Waals surface area contributed by atoms with Gasteiger partial charge in [0.1, 0.15) is 0 Å². The van der Waals surface area contributed by atoms with Gasteiger partial charge in [0.05, 0.1) is 16.4 Å². The molecule has 19 heavy (non-hydrogen) atoms. The number of hydrogen-bond acceptors (Lipinski definition) is 2. The molecular formula is C15H18ClN3. The Morgan fingerprint density at radius 1 is 1.42 bits per heavy atom. The predicted molar refractivity (Wildman–Crippen MR) is 77.3 cm³/mol. The number of aromatic nitrogens is 2. The molecule has 0 bridgehead atoms. The molecule has 0 saturated heterocycles. The molecule has 1 aromatic carbocycles. The van der Waals surface area contributed by atoms with Crippen LogP contribution in [0, 0.1) is 6.92 Å². The summed E-state index contributed by atoms with van der Waals surface area (Å²) in [6, 6.07) is 9.10. The van der Waals surface area contributed by atoms with Gasteiger partial charge in [0, 0.05) is 19.6 Å². The molecule has 0 fully saturated rings. The van der Waals surface area contributed by atoms with Crippen molar-refractivity contribution in [3.05, 3.63) is 51.8 Å². The lowest BCUT2D eigenvalue weighted by atomic mass is 10.1. The van der Waals surface area contributed by atoms with Gasteiger partial charge in [0.15, 0.2) is 0 Å². The lowest BCUT2D eigenvalue weighted by molar-refractivity contribution is 0.512. The molecule has 100 valence electrons. The van der Waals surface area contributed by atoms with E-state index in [9.17, 15) is 0 Å². The molecule has 1 aliphatic carbocycles. The molecule has 0 saturated carbocycles. The first kappa shape index (κ1) is 12.7. The second kappa shape index (κ2) is 4.99. The van der Waals surface area contributed by atoms with Crippen molar-refractivity contribution in [1.82, 2.24) is 15.1 Å². The SMILES string of the molecule is Cc1nn(C)c(CNC2CCc3ccccc32)c1Cl. The molecule has 0 spiro atoms. The van der Waals surface area contributed by atoms with E-state index in [1.807, 2.05) is 18.7 Å². The smallest absolute Gasteiger partial charge is 0.0860 e. The first-order chi connectivity index (χ1) is 9.16. The number of fused-ring (bicyclic) bond motifs is 1. The Kier molecular flexibility index (Phi) is 3.33. The number of hydrogen-bond donors (Lipinski definition) is 1. The number of aryl methyl sites for hydroxylation is 3. The van der Waals surface area contributed by atoms with Gasteiger partial charge in [-0.25, -0.2) is 0 Å². The van der Waals surface area contributed by atoms with Crippen LogP contribution in [0.3, 0.4) is 0 Å². The summed E-state index contributed by atoms with van der Waals surface area (Å²) in [5, 5.41) is 8.73. The maximum absolute atomic E-state index is 6.28. The summed E-state index contributed by atoms with van der Waals surface area (Å²) in [5.41, 5.74) is 4.85. The van der Waals surface area contributed by atoms with Crippen molar-refractivity contribution in [3.8, 4) is 0 Å². The molecule has 1 atom stereocenters. The molecule has 0 aliphatic heterocycles. The van der Waals surface area contributed by atoms with Gasteiger partial charge in [-0.15, -0.1) is 0 Å². The number of rotatable bonds is 3. The van der Waals surface area contributed by atoms with Crippen LogP contribution in [0.5, 0.6) is 0 Å². The summed E-state index contributed by atoms with van der Waals surface area (Å²) in [4.78, 5) is 0. The Labute approximate surface area is 118 Å². The van der Waals surface area contributed by atoms with Crippen molar-refractivity contribution in [2.75, 3.05) is 0 Å². The minimum Gasteiger partial charge on any atom is -0.304 e. The van der Waals surface area contributed by atoms with Crippen LogP contribution in [0.25, 0.3) is 0 Å². The Morgan fingerprint density at radius 2 is 2.21 bits per heavy atom. The van der Waals surface area contributed by atoms with Crippen LogP contribution in [-0.4, -0.2) is 9.78 Å². The van der Waals surface area contributed by atoms with Gasteiger partial charge in [0.2, 0.25) is 0 Å². The Hall–Kier alpha value is -1.32. The second-order valence-corrected chi connectivity index (χ2v) is 5.52. The monoisotopic (exact) mass is 275 g/mol. The fraction of sp³-hybridized carbons (Fsp3) is 0.400. The highest BCUT2D eigenvalue weighted by Gasteiger charge is 2.22. The fourth-order valence-electron chi connectivity index (χ4n) is 2.86. The molecule has 1 aliphatic rings. The van der Waals surface area contributed by atoms with E-state index in [0.29, 0.717) is 6.04 Å². The first-order valence-corrected chi connectivity index (χ1v) is 7.03. The number of nitrogens with one attached hydrogen (secondary N) is 1. The van der Waals surface area contributed by atoms with Crippen molar-refractivity contribution in [3.63, 3.8) is 0 Å². The third kappa shape index (κ3) is 2.28. The lowest BCUT2D eigenvalue weighted by Gasteiger charge is -2.14. The molecule has 0 radical (unpaired) electrons. The molecular weight excluding hydrogens is 258 g/mol. The largest absolute Gasteiger partial charge is 0.304 e. The molecule has 2 aromatic rings. The van der Waals surface area contributed by atoms with Gasteiger partial charge in [-0.05, 0) is 30.9 Å². The third-order valence-electron chi connectivity index (χ3n) is 3.91. The van der Waals surface area contributed by atoms with Gasteiger partial charge in [-0.1, -0.05) is 35.9 Å². The van der Waals surface area contributed by atoms with Gasteiger partial charge in [-0.3, -0.25) is 4.68 Å². The summed E-state index contributed by atoms with van der Waals surface area (Å²) in [6.07, 6.45) is 2.32. The van der Waals surface area contributed by atoms with E-state index in [-0.39, 0.29) is 0 Å². The standard InChI is InChI=1S/C15H18ClN3/c1-10-15(16)14(19(2)18-10)9-17-13-8-7-11-5-3-4-6-12(11)13/h3-6,13,17H,7-9H2,1-2H3. The highest BCUT2D eigenvalue weighted by Crippen LogP contribution is 2.31. The molecule has 3 rings (SSSR count). The molecule has 1 N–H and O–H groups in total. The van der Waals surface area contributed by atoms with Crippen LogP contribution < -0.4 is 5.32 Å². The fourth-order valence-corrected chi connectivity index (χ4v) is 3.09. The topological polar surface area (TPSA) is 29.9 Å². The van der Waals surface area contributed by atoms with Gasteiger partial charge in [-0.2, -0.15) is 5.10 Å². The quantitative estimate of drug-likeness (QED) is 0.933. The average Bonchev–Trinajstić information content (AvgIpc) is 2.91. The van der Waals surface area contributed by atoms with Crippen molar-refractivity contribution in [2.24, 2.45) is 7.05 Å². The van der Waals surface area contributed by atoms with Crippen LogP contribution in [0.1, 0.15) is 35.0 Å². The van der Waals surface area contributed by atoms with Crippen LogP contribution in [0.15, 0.2) is 24.3 Å². The van der Waals surface area contributed by atoms with E-state index in [1.165, 1.54) is 11.1 Å². The van der Waals surface area contributed by atoms with Crippen LogP contribution >= 0.6 is 11.6 Å². The summed E-state index contributed by atoms with van der Waals surface area (Å²) in [6.45, 7) is 2.70. The first-order valence-electron chi connectivity index (χ1n) is 6.66. The van der Waals surface area contributed by atoms with E-state index in [0.717, 1.165) is 35.8 Å². The highest BCUT2D eigenvalue weighted by atomic mass is 35.5. The van der Waals surface area contributed by atoms with E-state index in [2.05, 4.69) is 34.7 Å². The Morgan fingerprint density at radius 3 is 2.95 bits per heavy atom. The molecule has 1 heterocycles. The molecule has 0 amide bonds. The number of halogens is 1. The van der Waals surface area contributed by atoms with Crippen LogP contribution in [0.2, 0.25) is 5.02 Å². The van der Waals surface area contributed by atoms with E-state index >= 15 is 0 Å². The summed E-state index contributed by atoms with van der Waals surface area (Å²) < 4.78 is 1.87. The zero-order chi connectivity index (χ0) is 13.4. The van der Waals surface area contributed by atoms with E-state index in [1.54, 1.807) is 0 Å². The number of benzene rings is 1. The predicted octanol–water partition coefficient (Wildman–Crippen LogP) is 3.16. The van der Waals surface area contributed by atoms with E-state index < -0.39 is 0 Å². The Bertz CT molecular complexity index is 603. The molecule has 1 aromatic heterocycles. The molecule has 4 heteroatoms. The van der Waals surface area contributed by atoms with Crippen molar-refractivity contribution >= 4 is 11.6 Å². The summed E-state index contributed by atoms with van der Waals surface area (Å²) in [7, 11) is 1.94. The van der Waals surface area contributed by atoms with Crippen LogP contribution in [-0.2, 0) is 20.0 Å². The maximum Gasteiger partial charge on any atom is 0.0860 e. The second-order valence-electron chi connectivity index (χ2n) is 5.14. The van der Waals surface area contributed by atoms with Gasteiger partial charge in [0.25, 0.3) is 0 Å². The maximum atomic E-state index is 6.28. The van der Waals surface area contributed by atoms with Crippen molar-refractivity contribution < 1.29 is 0 Å². The summed E-state index contributed by atoms with van der Waals surface area (Å²) in [5.74, 6) is 0. The molecule has 3 nitrogen and oxygen atoms in total. The van der Waals surface area contributed by atoms with Crippen molar-refractivity contribution in [2.45, 2.75) is 32.4 Å². The van der Waals surface area contributed by atoms with Gasteiger partial charge >= 0.3 is 0 Å². The zero-order valence-electron chi connectivity index (χ0n) is 11.3. The third-order valence-corrected chi connectivity index (χ3v) is 4.40. The molecule has 1 unspecified atom stereocenters. The Balaban J connectivity index is 1.74. The highest BCUT2D eigenvalue weighted by molar-refractivity contribution is 6.31.